The third-order valence-corrected chi connectivity index (χ3v) is 3.36. The first kappa shape index (κ1) is 14.3. The first-order valence-corrected chi connectivity index (χ1v) is 7.08. The van der Waals surface area contributed by atoms with Crippen LogP contribution >= 0.6 is 0 Å². The highest BCUT2D eigenvalue weighted by atomic mass is 16.6. The number of fused-ring (bicyclic) bond motifs is 1. The van der Waals surface area contributed by atoms with Gasteiger partial charge in [-0.1, -0.05) is 18.2 Å². The van der Waals surface area contributed by atoms with Crippen LogP contribution in [0, 0.1) is 0 Å². The number of methoxy groups -OCH3 is 1. The monoisotopic (exact) mass is 298 g/mol. The molecule has 1 aliphatic heterocycles. The molecule has 0 radical (unpaired) electrons. The SMILES string of the molecule is COc1cc(/C=N\N(C)c2ccccc2)cc2c1OCCO2. The fourth-order valence-corrected chi connectivity index (χ4v) is 2.23. The van der Waals surface area contributed by atoms with Crippen LogP contribution in [0.5, 0.6) is 17.2 Å². The van der Waals surface area contributed by atoms with Crippen LogP contribution in [-0.4, -0.2) is 33.6 Å². The summed E-state index contributed by atoms with van der Waals surface area (Å²) in [7, 11) is 3.52. The minimum atomic E-state index is 0.535. The number of anilines is 1. The zero-order valence-electron chi connectivity index (χ0n) is 12.7. The predicted molar refractivity (Wildman–Crippen MR) is 86.4 cm³/mol. The Morgan fingerprint density at radius 2 is 1.91 bits per heavy atom. The Hall–Kier alpha value is -2.69. The summed E-state index contributed by atoms with van der Waals surface area (Å²) in [6.45, 7) is 1.08. The molecule has 0 unspecified atom stereocenters. The standard InChI is InChI=1S/C17H18N2O3/c1-19(14-6-4-3-5-7-14)18-12-13-10-15(20-2)17-16(11-13)21-8-9-22-17/h3-7,10-12H,8-9H2,1-2H3/b18-12-. The smallest absolute Gasteiger partial charge is 0.203 e. The van der Waals surface area contributed by atoms with E-state index >= 15 is 0 Å². The van der Waals surface area contributed by atoms with Gasteiger partial charge in [-0.25, -0.2) is 0 Å². The lowest BCUT2D eigenvalue weighted by molar-refractivity contribution is 0.165. The number of rotatable bonds is 4. The summed E-state index contributed by atoms with van der Waals surface area (Å²) < 4.78 is 16.6. The lowest BCUT2D eigenvalue weighted by Gasteiger charge is -2.21. The molecule has 0 fully saturated rings. The maximum atomic E-state index is 5.62. The lowest BCUT2D eigenvalue weighted by atomic mass is 10.2. The number of para-hydroxylation sites is 1. The Morgan fingerprint density at radius 1 is 1.14 bits per heavy atom. The Morgan fingerprint density at radius 3 is 2.68 bits per heavy atom. The molecule has 0 N–H and O–H groups in total. The molecular formula is C17H18N2O3. The van der Waals surface area contributed by atoms with E-state index in [1.54, 1.807) is 13.3 Å². The van der Waals surface area contributed by atoms with Crippen LogP contribution in [0.2, 0.25) is 0 Å². The normalized spacial score (nSPS) is 13.2. The van der Waals surface area contributed by atoms with E-state index in [2.05, 4.69) is 5.10 Å². The van der Waals surface area contributed by atoms with Gasteiger partial charge in [0.15, 0.2) is 11.5 Å². The topological polar surface area (TPSA) is 43.3 Å². The van der Waals surface area contributed by atoms with Crippen molar-refractivity contribution in [2.45, 2.75) is 0 Å². The molecule has 0 saturated carbocycles. The zero-order chi connectivity index (χ0) is 15.4. The summed E-state index contributed by atoms with van der Waals surface area (Å²) in [6, 6.07) is 13.7. The van der Waals surface area contributed by atoms with Crippen LogP contribution in [-0.2, 0) is 0 Å². The molecule has 2 aromatic rings. The van der Waals surface area contributed by atoms with Crippen molar-refractivity contribution >= 4 is 11.9 Å². The van der Waals surface area contributed by atoms with Crippen LogP contribution in [0.15, 0.2) is 47.6 Å². The summed E-state index contributed by atoms with van der Waals surface area (Å²) in [5, 5.41) is 6.25. The average molecular weight is 298 g/mol. The molecule has 0 aromatic heterocycles. The minimum Gasteiger partial charge on any atom is -0.493 e. The van der Waals surface area contributed by atoms with Gasteiger partial charge in [-0.3, -0.25) is 5.01 Å². The first-order chi connectivity index (χ1) is 10.8. The van der Waals surface area contributed by atoms with Gasteiger partial charge in [0, 0.05) is 12.6 Å². The molecule has 5 heteroatoms. The maximum absolute atomic E-state index is 5.62. The van der Waals surface area contributed by atoms with Gasteiger partial charge in [0.2, 0.25) is 5.75 Å². The average Bonchev–Trinajstić information content (AvgIpc) is 2.59. The van der Waals surface area contributed by atoms with Gasteiger partial charge in [-0.15, -0.1) is 0 Å². The quantitative estimate of drug-likeness (QED) is 0.643. The summed E-state index contributed by atoms with van der Waals surface area (Å²) in [6.07, 6.45) is 1.77. The third kappa shape index (κ3) is 2.98. The van der Waals surface area contributed by atoms with Crippen LogP contribution in [0.3, 0.4) is 0 Å². The van der Waals surface area contributed by atoms with Crippen LogP contribution in [0.1, 0.15) is 5.56 Å². The Kier molecular flexibility index (Phi) is 4.14. The summed E-state index contributed by atoms with van der Waals surface area (Å²) in [4.78, 5) is 0. The highest BCUT2D eigenvalue weighted by Gasteiger charge is 2.17. The first-order valence-electron chi connectivity index (χ1n) is 7.08. The van der Waals surface area contributed by atoms with Crippen molar-refractivity contribution in [3.05, 3.63) is 48.0 Å². The molecule has 3 rings (SSSR count). The van der Waals surface area contributed by atoms with Crippen molar-refractivity contribution in [3.8, 4) is 17.2 Å². The summed E-state index contributed by atoms with van der Waals surface area (Å²) in [5.74, 6) is 2.00. The molecular weight excluding hydrogens is 280 g/mol. The van der Waals surface area contributed by atoms with Crippen LogP contribution in [0.4, 0.5) is 5.69 Å². The second-order valence-corrected chi connectivity index (χ2v) is 4.85. The van der Waals surface area contributed by atoms with Crippen LogP contribution in [0.25, 0.3) is 0 Å². The highest BCUT2D eigenvalue weighted by molar-refractivity contribution is 5.83. The molecule has 2 aromatic carbocycles. The van der Waals surface area contributed by atoms with Gasteiger partial charge in [-0.2, -0.15) is 5.10 Å². The van der Waals surface area contributed by atoms with E-state index in [1.807, 2.05) is 54.5 Å². The largest absolute Gasteiger partial charge is 0.493 e. The number of ether oxygens (including phenoxy) is 3. The number of nitrogens with zero attached hydrogens (tertiary/aromatic N) is 2. The fraction of sp³-hybridized carbons (Fsp3) is 0.235. The molecule has 1 heterocycles. The van der Waals surface area contributed by atoms with E-state index < -0.39 is 0 Å². The summed E-state index contributed by atoms with van der Waals surface area (Å²) >= 11 is 0. The second kappa shape index (κ2) is 6.39. The van der Waals surface area contributed by atoms with Gasteiger partial charge in [0.05, 0.1) is 19.0 Å². The van der Waals surface area contributed by atoms with Gasteiger partial charge in [0.25, 0.3) is 0 Å². The van der Waals surface area contributed by atoms with Crippen LogP contribution < -0.4 is 19.2 Å². The highest BCUT2D eigenvalue weighted by Crippen LogP contribution is 2.40. The van der Waals surface area contributed by atoms with E-state index in [1.165, 1.54) is 0 Å². The van der Waals surface area contributed by atoms with Crippen molar-refractivity contribution < 1.29 is 14.2 Å². The van der Waals surface area contributed by atoms with Crippen molar-refractivity contribution in [2.75, 3.05) is 32.4 Å². The van der Waals surface area contributed by atoms with E-state index in [-0.39, 0.29) is 0 Å². The van der Waals surface area contributed by atoms with Crippen molar-refractivity contribution in [1.29, 1.82) is 0 Å². The molecule has 0 aliphatic carbocycles. The molecule has 22 heavy (non-hydrogen) atoms. The second-order valence-electron chi connectivity index (χ2n) is 4.85. The van der Waals surface area contributed by atoms with Gasteiger partial charge in [0.1, 0.15) is 13.2 Å². The van der Waals surface area contributed by atoms with Gasteiger partial charge >= 0.3 is 0 Å². The molecule has 0 spiro atoms. The lowest BCUT2D eigenvalue weighted by Crippen LogP contribution is -2.16. The Bertz CT molecular complexity index is 654. The Balaban J connectivity index is 1.84. The van der Waals surface area contributed by atoms with E-state index in [4.69, 9.17) is 14.2 Å². The van der Waals surface area contributed by atoms with Crippen molar-refractivity contribution in [2.24, 2.45) is 5.10 Å². The molecule has 0 atom stereocenters. The molecule has 0 saturated heterocycles. The molecule has 0 bridgehead atoms. The minimum absolute atomic E-state index is 0.535. The number of hydrogen-bond acceptors (Lipinski definition) is 5. The van der Waals surface area contributed by atoms with E-state index in [0.717, 1.165) is 11.3 Å². The van der Waals surface area contributed by atoms with Crippen molar-refractivity contribution in [3.63, 3.8) is 0 Å². The molecule has 0 amide bonds. The van der Waals surface area contributed by atoms with E-state index in [9.17, 15) is 0 Å². The molecule has 114 valence electrons. The van der Waals surface area contributed by atoms with Gasteiger partial charge in [-0.05, 0) is 24.3 Å². The number of hydrazone groups is 1. The predicted octanol–water partition coefficient (Wildman–Crippen LogP) is 2.94. The zero-order valence-corrected chi connectivity index (χ0v) is 12.7. The summed E-state index contributed by atoms with van der Waals surface area (Å²) in [5.41, 5.74) is 1.91. The molecule has 1 aliphatic rings. The van der Waals surface area contributed by atoms with Crippen molar-refractivity contribution in [1.82, 2.24) is 0 Å². The fourth-order valence-electron chi connectivity index (χ4n) is 2.23. The van der Waals surface area contributed by atoms with E-state index in [0.29, 0.717) is 30.5 Å². The van der Waals surface area contributed by atoms with Gasteiger partial charge < -0.3 is 14.2 Å². The maximum Gasteiger partial charge on any atom is 0.203 e. The number of benzene rings is 2. The number of hydrogen-bond donors (Lipinski definition) is 0. The Labute approximate surface area is 129 Å². The third-order valence-electron chi connectivity index (χ3n) is 3.36. The molecule has 5 nitrogen and oxygen atoms in total.